The van der Waals surface area contributed by atoms with Gasteiger partial charge in [-0.3, -0.25) is 14.0 Å². The van der Waals surface area contributed by atoms with Crippen LogP contribution in [0.15, 0.2) is 53.9 Å². The lowest BCUT2D eigenvalue weighted by Crippen LogP contribution is -2.31. The number of nitrogens with one attached hydrogen (secondary N) is 1. The van der Waals surface area contributed by atoms with E-state index in [-0.39, 0.29) is 18.7 Å². The standard InChI is InChI=1S/C21H19Cl2N5O3/c22-15-7-6-13(10-16(15)23)4-3-8-24-20(30)14-11-27(21(31)19(14)29)12-18-26-25-17-5-1-2-9-28(17)18/h1-2,5-7,9-10,29H,3-4,8,11-12H2,(H,24,30). The quantitative estimate of drug-likeness (QED) is 0.529. The SMILES string of the molecule is O=C(NCCCc1ccc(Cl)c(Cl)c1)C1=C(O)C(=O)N(Cc2nnc3ccccn23)C1. The molecule has 2 amide bonds. The Labute approximate surface area is 188 Å². The third-order valence-corrected chi connectivity index (χ3v) is 5.77. The van der Waals surface area contributed by atoms with Gasteiger partial charge in [0.2, 0.25) is 0 Å². The lowest BCUT2D eigenvalue weighted by Gasteiger charge is -2.14. The van der Waals surface area contributed by atoms with Gasteiger partial charge in [0.15, 0.2) is 17.2 Å². The molecule has 31 heavy (non-hydrogen) atoms. The van der Waals surface area contributed by atoms with Gasteiger partial charge in [-0.15, -0.1) is 10.2 Å². The number of benzene rings is 1. The summed E-state index contributed by atoms with van der Waals surface area (Å²) in [5.41, 5.74) is 1.71. The molecule has 0 saturated heterocycles. The summed E-state index contributed by atoms with van der Waals surface area (Å²) in [6.45, 7) is 0.520. The average Bonchev–Trinajstić information content (AvgIpc) is 3.30. The second kappa shape index (κ2) is 8.95. The molecule has 4 rings (SSSR count). The van der Waals surface area contributed by atoms with Gasteiger partial charge in [-0.25, -0.2) is 0 Å². The maximum absolute atomic E-state index is 12.5. The Morgan fingerprint density at radius 3 is 2.81 bits per heavy atom. The van der Waals surface area contributed by atoms with Crippen LogP contribution in [0.5, 0.6) is 0 Å². The molecule has 1 aromatic carbocycles. The van der Waals surface area contributed by atoms with Crippen LogP contribution >= 0.6 is 23.2 Å². The maximum Gasteiger partial charge on any atom is 0.289 e. The van der Waals surface area contributed by atoms with E-state index in [4.69, 9.17) is 23.2 Å². The Kier molecular flexibility index (Phi) is 6.11. The van der Waals surface area contributed by atoms with E-state index in [0.29, 0.717) is 40.9 Å². The minimum atomic E-state index is -0.603. The monoisotopic (exact) mass is 459 g/mol. The van der Waals surface area contributed by atoms with E-state index in [2.05, 4.69) is 15.5 Å². The number of amides is 2. The van der Waals surface area contributed by atoms with E-state index in [0.717, 1.165) is 5.56 Å². The third-order valence-electron chi connectivity index (χ3n) is 5.03. The van der Waals surface area contributed by atoms with E-state index in [1.54, 1.807) is 28.8 Å². The molecule has 0 unspecified atom stereocenters. The molecule has 0 spiro atoms. The molecular formula is C21H19Cl2N5O3. The number of aliphatic hydroxyl groups excluding tert-OH is 1. The summed E-state index contributed by atoms with van der Waals surface area (Å²) in [7, 11) is 0. The lowest BCUT2D eigenvalue weighted by atomic mass is 10.1. The van der Waals surface area contributed by atoms with Gasteiger partial charge in [0.25, 0.3) is 11.8 Å². The molecule has 8 nitrogen and oxygen atoms in total. The first-order valence-electron chi connectivity index (χ1n) is 9.66. The summed E-state index contributed by atoms with van der Waals surface area (Å²) in [5.74, 6) is -1.06. The highest BCUT2D eigenvalue weighted by Crippen LogP contribution is 2.23. The molecule has 0 saturated carbocycles. The molecule has 0 atom stereocenters. The van der Waals surface area contributed by atoms with Crippen LogP contribution in [0, 0.1) is 0 Å². The molecule has 2 N–H and O–H groups in total. The summed E-state index contributed by atoms with van der Waals surface area (Å²) in [6, 6.07) is 10.9. The molecule has 0 radical (unpaired) electrons. The summed E-state index contributed by atoms with van der Waals surface area (Å²) < 4.78 is 1.76. The van der Waals surface area contributed by atoms with Gasteiger partial charge < -0.3 is 15.3 Å². The van der Waals surface area contributed by atoms with Gasteiger partial charge in [0, 0.05) is 12.7 Å². The first-order chi connectivity index (χ1) is 14.9. The van der Waals surface area contributed by atoms with Crippen molar-refractivity contribution in [3.63, 3.8) is 0 Å². The lowest BCUT2D eigenvalue weighted by molar-refractivity contribution is -0.128. The van der Waals surface area contributed by atoms with Crippen LogP contribution in [0.25, 0.3) is 5.65 Å². The van der Waals surface area contributed by atoms with Crippen molar-refractivity contribution in [3.8, 4) is 0 Å². The Bertz CT molecular complexity index is 1190. The topological polar surface area (TPSA) is 99.8 Å². The van der Waals surface area contributed by atoms with Crippen LogP contribution in [0.2, 0.25) is 10.0 Å². The Morgan fingerprint density at radius 1 is 1.16 bits per heavy atom. The van der Waals surface area contributed by atoms with Crippen molar-refractivity contribution in [2.45, 2.75) is 19.4 Å². The Morgan fingerprint density at radius 2 is 2.00 bits per heavy atom. The minimum absolute atomic E-state index is 0.00500. The van der Waals surface area contributed by atoms with Gasteiger partial charge in [0.1, 0.15) is 0 Å². The first-order valence-corrected chi connectivity index (χ1v) is 10.4. The minimum Gasteiger partial charge on any atom is -0.503 e. The Balaban J connectivity index is 1.32. The maximum atomic E-state index is 12.5. The number of aliphatic hydroxyl groups is 1. The third kappa shape index (κ3) is 4.50. The van der Waals surface area contributed by atoms with Crippen LogP contribution in [-0.4, -0.2) is 49.5 Å². The zero-order valence-corrected chi connectivity index (χ0v) is 17.9. The predicted octanol–water partition coefficient (Wildman–Crippen LogP) is 2.94. The number of aromatic nitrogens is 3. The van der Waals surface area contributed by atoms with E-state index >= 15 is 0 Å². The predicted molar refractivity (Wildman–Crippen MR) is 116 cm³/mol. The number of hydrogen-bond donors (Lipinski definition) is 2. The number of rotatable bonds is 7. The molecule has 10 heteroatoms. The Hall–Kier alpha value is -3.10. The average molecular weight is 460 g/mol. The highest BCUT2D eigenvalue weighted by Gasteiger charge is 2.34. The molecule has 160 valence electrons. The van der Waals surface area contributed by atoms with Crippen molar-refractivity contribution >= 4 is 40.7 Å². The fraction of sp³-hybridized carbons (Fsp3) is 0.238. The van der Waals surface area contributed by atoms with E-state index in [9.17, 15) is 14.7 Å². The largest absolute Gasteiger partial charge is 0.503 e. The zero-order chi connectivity index (χ0) is 22.0. The van der Waals surface area contributed by atoms with Gasteiger partial charge in [-0.2, -0.15) is 0 Å². The zero-order valence-electron chi connectivity index (χ0n) is 16.4. The normalized spacial score (nSPS) is 14.0. The van der Waals surface area contributed by atoms with Gasteiger partial charge in [0.05, 0.1) is 28.7 Å². The highest BCUT2D eigenvalue weighted by atomic mass is 35.5. The van der Waals surface area contributed by atoms with Crippen molar-refractivity contribution in [2.24, 2.45) is 0 Å². The van der Waals surface area contributed by atoms with Crippen LogP contribution in [-0.2, 0) is 22.6 Å². The summed E-state index contributed by atoms with van der Waals surface area (Å²) in [6.07, 6.45) is 3.16. The van der Waals surface area contributed by atoms with Gasteiger partial charge in [-0.05, 0) is 42.7 Å². The molecule has 1 aliphatic heterocycles. The van der Waals surface area contributed by atoms with Crippen molar-refractivity contribution in [1.29, 1.82) is 0 Å². The number of aryl methyl sites for hydroxylation is 1. The van der Waals surface area contributed by atoms with Crippen molar-refractivity contribution in [2.75, 3.05) is 13.1 Å². The van der Waals surface area contributed by atoms with Crippen LogP contribution in [0.3, 0.4) is 0 Å². The molecule has 3 aromatic rings. The van der Waals surface area contributed by atoms with E-state index in [1.807, 2.05) is 18.2 Å². The van der Waals surface area contributed by atoms with Gasteiger partial charge >= 0.3 is 0 Å². The van der Waals surface area contributed by atoms with E-state index < -0.39 is 17.6 Å². The first kappa shape index (κ1) is 21.1. The highest BCUT2D eigenvalue weighted by molar-refractivity contribution is 6.42. The molecule has 1 aliphatic rings. The number of halogens is 2. The van der Waals surface area contributed by atoms with Crippen LogP contribution < -0.4 is 5.32 Å². The molecular weight excluding hydrogens is 441 g/mol. The number of fused-ring (bicyclic) bond motifs is 1. The van der Waals surface area contributed by atoms with Crippen LogP contribution in [0.1, 0.15) is 17.8 Å². The molecule has 0 fully saturated rings. The fourth-order valence-corrected chi connectivity index (χ4v) is 3.71. The van der Waals surface area contributed by atoms with E-state index in [1.165, 1.54) is 4.90 Å². The molecule has 3 heterocycles. The van der Waals surface area contributed by atoms with Crippen molar-refractivity contribution < 1.29 is 14.7 Å². The number of pyridine rings is 1. The second-order valence-electron chi connectivity index (χ2n) is 7.14. The van der Waals surface area contributed by atoms with Gasteiger partial charge in [-0.1, -0.05) is 35.3 Å². The summed E-state index contributed by atoms with van der Waals surface area (Å²) >= 11 is 11.9. The van der Waals surface area contributed by atoms with Crippen molar-refractivity contribution in [1.82, 2.24) is 24.8 Å². The smallest absolute Gasteiger partial charge is 0.289 e. The van der Waals surface area contributed by atoms with Crippen LogP contribution in [0.4, 0.5) is 0 Å². The number of nitrogens with zero attached hydrogens (tertiary/aromatic N) is 4. The second-order valence-corrected chi connectivity index (χ2v) is 7.96. The number of hydrogen-bond acceptors (Lipinski definition) is 5. The van der Waals surface area contributed by atoms with Crippen molar-refractivity contribution in [3.05, 3.63) is 75.4 Å². The summed E-state index contributed by atoms with van der Waals surface area (Å²) in [5, 5.41) is 22.1. The molecule has 2 aromatic heterocycles. The number of carbonyl (C=O) groups excluding carboxylic acids is 2. The molecule has 0 bridgehead atoms. The summed E-state index contributed by atoms with van der Waals surface area (Å²) in [4.78, 5) is 26.3. The molecule has 0 aliphatic carbocycles. The fourth-order valence-electron chi connectivity index (χ4n) is 3.39. The number of carbonyl (C=O) groups is 2.